The summed E-state index contributed by atoms with van der Waals surface area (Å²) in [4.78, 5) is 26.3. The number of amides is 2. The maximum Gasteiger partial charge on any atom is 0.410 e. The highest BCUT2D eigenvalue weighted by Crippen LogP contribution is 2.44. The second kappa shape index (κ2) is 7.44. The number of nitrogens with zero attached hydrogens (tertiary/aromatic N) is 3. The Bertz CT molecular complexity index is 998. The first kappa shape index (κ1) is 21.0. The number of nitrogens with one attached hydrogen (secondary N) is 1. The van der Waals surface area contributed by atoms with Gasteiger partial charge in [-0.05, 0) is 66.9 Å². The van der Waals surface area contributed by atoms with Gasteiger partial charge < -0.3 is 20.7 Å². The number of ether oxygens (including phenoxy) is 1. The van der Waals surface area contributed by atoms with Crippen molar-refractivity contribution in [3.8, 4) is 0 Å². The minimum absolute atomic E-state index is 0.179. The van der Waals surface area contributed by atoms with E-state index in [9.17, 15) is 9.59 Å². The van der Waals surface area contributed by atoms with Crippen LogP contribution in [0.15, 0.2) is 22.9 Å². The maximum atomic E-state index is 12.5. The highest BCUT2D eigenvalue weighted by molar-refractivity contribution is 9.10. The fourth-order valence-electron chi connectivity index (χ4n) is 4.80. The molecule has 0 spiro atoms. The standard InChI is InChI=1S/C21H28BrN5O3/c1-11-15-10-26(20(29)30-21(2,3)4)8-12(15)5-16(11)25-18-14(19(23)28)7-24-27-9-13(22)6-17(18)27/h6-7,9,11-12,15-16,25H,5,8,10H2,1-4H3,(H2,23,28)/t11-,12?,15?,16-/m1/s1. The van der Waals surface area contributed by atoms with Gasteiger partial charge in [0.25, 0.3) is 5.91 Å². The normalized spacial score (nSPS) is 26.1. The SMILES string of the molecule is C[C@@H]1C2CN(C(=O)OC(C)(C)C)CC2C[C@H]1Nc1c(C(N)=O)cnn2cc(Br)cc12. The van der Waals surface area contributed by atoms with Crippen LogP contribution >= 0.6 is 15.9 Å². The predicted molar refractivity (Wildman–Crippen MR) is 117 cm³/mol. The van der Waals surface area contributed by atoms with E-state index in [2.05, 4.69) is 33.3 Å². The van der Waals surface area contributed by atoms with Gasteiger partial charge in [0.1, 0.15) is 5.60 Å². The Labute approximate surface area is 184 Å². The molecular weight excluding hydrogens is 450 g/mol. The first-order valence-corrected chi connectivity index (χ1v) is 11.0. The number of rotatable bonds is 3. The van der Waals surface area contributed by atoms with Crippen molar-refractivity contribution in [3.05, 3.63) is 28.5 Å². The van der Waals surface area contributed by atoms with Gasteiger partial charge in [-0.2, -0.15) is 5.10 Å². The number of aromatic nitrogens is 2. The summed E-state index contributed by atoms with van der Waals surface area (Å²) in [5.41, 5.74) is 7.02. The Morgan fingerprint density at radius 2 is 2.07 bits per heavy atom. The zero-order valence-corrected chi connectivity index (χ0v) is 19.3. The molecule has 2 fully saturated rings. The van der Waals surface area contributed by atoms with E-state index in [1.807, 2.05) is 37.9 Å². The Morgan fingerprint density at radius 3 is 2.70 bits per heavy atom. The molecule has 2 unspecified atom stereocenters. The molecule has 3 N–H and O–H groups in total. The smallest absolute Gasteiger partial charge is 0.410 e. The number of hydrogen-bond donors (Lipinski definition) is 2. The average Bonchev–Trinajstić information content (AvgIpc) is 3.28. The van der Waals surface area contributed by atoms with Crippen molar-refractivity contribution >= 4 is 39.1 Å². The molecule has 4 atom stereocenters. The van der Waals surface area contributed by atoms with Crippen LogP contribution in [0, 0.1) is 17.8 Å². The minimum Gasteiger partial charge on any atom is -0.444 e. The van der Waals surface area contributed by atoms with E-state index in [0.717, 1.165) is 16.4 Å². The molecule has 0 aromatic carbocycles. The molecule has 8 nitrogen and oxygen atoms in total. The van der Waals surface area contributed by atoms with Gasteiger partial charge >= 0.3 is 6.09 Å². The number of carbonyl (C=O) groups is 2. The van der Waals surface area contributed by atoms with Crippen LogP contribution < -0.4 is 11.1 Å². The molecule has 1 aliphatic heterocycles. The van der Waals surface area contributed by atoms with Crippen LogP contribution in [0.3, 0.4) is 0 Å². The lowest BCUT2D eigenvalue weighted by Crippen LogP contribution is -2.37. The molecule has 9 heteroatoms. The predicted octanol–water partition coefficient (Wildman–Crippen LogP) is 3.50. The summed E-state index contributed by atoms with van der Waals surface area (Å²) in [5, 5.41) is 7.87. The number of nitrogens with two attached hydrogens (primary N) is 1. The third-order valence-electron chi connectivity index (χ3n) is 6.21. The van der Waals surface area contributed by atoms with E-state index in [-0.39, 0.29) is 12.1 Å². The third-order valence-corrected chi connectivity index (χ3v) is 6.64. The first-order valence-electron chi connectivity index (χ1n) is 10.2. The van der Waals surface area contributed by atoms with Gasteiger partial charge in [0.05, 0.1) is 23.0 Å². The van der Waals surface area contributed by atoms with E-state index in [0.29, 0.717) is 42.1 Å². The summed E-state index contributed by atoms with van der Waals surface area (Å²) in [7, 11) is 0. The van der Waals surface area contributed by atoms with Crippen LogP contribution in [-0.2, 0) is 4.74 Å². The molecule has 0 bridgehead atoms. The molecule has 2 aromatic rings. The van der Waals surface area contributed by atoms with Gasteiger partial charge in [0.15, 0.2) is 0 Å². The van der Waals surface area contributed by atoms with Crippen molar-refractivity contribution in [3.63, 3.8) is 0 Å². The fourth-order valence-corrected chi connectivity index (χ4v) is 5.21. The fraction of sp³-hybridized carbons (Fsp3) is 0.571. The third kappa shape index (κ3) is 3.87. The van der Waals surface area contributed by atoms with Crippen molar-refractivity contribution in [2.24, 2.45) is 23.5 Å². The molecule has 4 rings (SSSR count). The molecule has 30 heavy (non-hydrogen) atoms. The van der Waals surface area contributed by atoms with E-state index < -0.39 is 11.5 Å². The maximum absolute atomic E-state index is 12.5. The molecule has 162 valence electrons. The average molecular weight is 478 g/mol. The van der Waals surface area contributed by atoms with E-state index in [1.165, 1.54) is 6.20 Å². The second-order valence-electron chi connectivity index (χ2n) is 9.44. The highest BCUT2D eigenvalue weighted by atomic mass is 79.9. The summed E-state index contributed by atoms with van der Waals surface area (Å²) in [6, 6.07) is 2.10. The summed E-state index contributed by atoms with van der Waals surface area (Å²) in [5.74, 6) is 0.614. The van der Waals surface area contributed by atoms with Crippen LogP contribution in [0.1, 0.15) is 44.5 Å². The van der Waals surface area contributed by atoms with Crippen molar-refractivity contribution in [1.82, 2.24) is 14.5 Å². The molecule has 1 saturated carbocycles. The lowest BCUT2D eigenvalue weighted by atomic mass is 9.93. The topological polar surface area (TPSA) is 102 Å². The van der Waals surface area contributed by atoms with Crippen LogP contribution in [0.4, 0.5) is 10.5 Å². The highest BCUT2D eigenvalue weighted by Gasteiger charge is 2.48. The largest absolute Gasteiger partial charge is 0.444 e. The van der Waals surface area contributed by atoms with Gasteiger partial charge in [-0.3, -0.25) is 4.79 Å². The number of halogens is 1. The molecule has 0 radical (unpaired) electrons. The zero-order chi connectivity index (χ0) is 21.8. The summed E-state index contributed by atoms with van der Waals surface area (Å²) in [6.07, 6.45) is 4.03. The van der Waals surface area contributed by atoms with E-state index in [4.69, 9.17) is 10.5 Å². The van der Waals surface area contributed by atoms with Crippen molar-refractivity contribution in [1.29, 1.82) is 0 Å². The molecular formula is C21H28BrN5O3. The lowest BCUT2D eigenvalue weighted by molar-refractivity contribution is 0.0276. The number of primary amides is 1. The van der Waals surface area contributed by atoms with E-state index in [1.54, 1.807) is 4.52 Å². The van der Waals surface area contributed by atoms with E-state index >= 15 is 0 Å². The Hall–Kier alpha value is -2.29. The number of carbonyl (C=O) groups excluding carboxylic acids is 2. The molecule has 1 saturated heterocycles. The van der Waals surface area contributed by atoms with Gasteiger partial charge in [0, 0.05) is 29.8 Å². The lowest BCUT2D eigenvalue weighted by Gasteiger charge is -2.27. The number of hydrogen-bond acceptors (Lipinski definition) is 5. The Morgan fingerprint density at radius 1 is 1.33 bits per heavy atom. The number of fused-ring (bicyclic) bond motifs is 2. The summed E-state index contributed by atoms with van der Waals surface area (Å²) < 4.78 is 8.15. The molecule has 1 aliphatic carbocycles. The van der Waals surface area contributed by atoms with Crippen molar-refractivity contribution in [2.75, 3.05) is 18.4 Å². The van der Waals surface area contributed by atoms with Crippen LogP contribution in [0.25, 0.3) is 5.52 Å². The van der Waals surface area contributed by atoms with Gasteiger partial charge in [0.2, 0.25) is 0 Å². The Kier molecular flexibility index (Phi) is 5.20. The Balaban J connectivity index is 1.52. The van der Waals surface area contributed by atoms with Crippen LogP contribution in [0.2, 0.25) is 0 Å². The number of anilines is 1. The quantitative estimate of drug-likeness (QED) is 0.703. The number of likely N-dealkylation sites (tertiary alicyclic amines) is 1. The molecule has 3 heterocycles. The van der Waals surface area contributed by atoms with Crippen molar-refractivity contribution in [2.45, 2.75) is 45.8 Å². The zero-order valence-electron chi connectivity index (χ0n) is 17.7. The van der Waals surface area contributed by atoms with Crippen molar-refractivity contribution < 1.29 is 14.3 Å². The summed E-state index contributed by atoms with van der Waals surface area (Å²) >= 11 is 3.47. The minimum atomic E-state index is -0.508. The molecule has 2 amide bonds. The van der Waals surface area contributed by atoms with Crippen LogP contribution in [0.5, 0.6) is 0 Å². The van der Waals surface area contributed by atoms with Gasteiger partial charge in [-0.25, -0.2) is 9.31 Å². The second-order valence-corrected chi connectivity index (χ2v) is 10.4. The van der Waals surface area contributed by atoms with Gasteiger partial charge in [-0.15, -0.1) is 0 Å². The molecule has 2 aliphatic rings. The monoisotopic (exact) mass is 477 g/mol. The van der Waals surface area contributed by atoms with Crippen LogP contribution in [-0.4, -0.2) is 51.2 Å². The van der Waals surface area contributed by atoms with Gasteiger partial charge in [-0.1, -0.05) is 6.92 Å². The first-order chi connectivity index (χ1) is 14.0. The molecule has 2 aromatic heterocycles. The summed E-state index contributed by atoms with van der Waals surface area (Å²) in [6.45, 7) is 9.26.